The number of nitrogens with two attached hydrogens (primary N) is 1. The van der Waals surface area contributed by atoms with Gasteiger partial charge in [0.1, 0.15) is 0 Å². The summed E-state index contributed by atoms with van der Waals surface area (Å²) in [4.78, 5) is 6.96. The maximum atomic E-state index is 5.83. The standard InChI is InChI=1S/C14H28N4/c15-14(17-12-13-6-5-7-13)16-8-1-2-9-18-10-3-4-11-18/h13H,1-12H2,(H3,15,16,17). The molecule has 2 fully saturated rings. The fourth-order valence-electron chi connectivity index (χ4n) is 2.64. The number of nitrogens with one attached hydrogen (secondary N) is 1. The van der Waals surface area contributed by atoms with Crippen LogP contribution in [0.4, 0.5) is 0 Å². The Kier molecular flexibility index (Phi) is 5.78. The zero-order valence-corrected chi connectivity index (χ0v) is 11.5. The molecule has 2 aliphatic rings. The summed E-state index contributed by atoms with van der Waals surface area (Å²) in [5, 5.41) is 3.22. The van der Waals surface area contributed by atoms with Crippen molar-refractivity contribution >= 4 is 5.96 Å². The van der Waals surface area contributed by atoms with Crippen molar-refractivity contribution in [2.45, 2.75) is 44.9 Å². The fourth-order valence-corrected chi connectivity index (χ4v) is 2.64. The van der Waals surface area contributed by atoms with Gasteiger partial charge in [-0.2, -0.15) is 0 Å². The SMILES string of the molecule is NC(=NCC1CCC1)NCCCCN1CCCC1. The summed E-state index contributed by atoms with van der Waals surface area (Å²) < 4.78 is 0. The van der Waals surface area contributed by atoms with Gasteiger partial charge >= 0.3 is 0 Å². The average Bonchev–Trinajstić information content (AvgIpc) is 2.79. The second kappa shape index (κ2) is 7.62. The second-order valence-corrected chi connectivity index (χ2v) is 5.71. The molecule has 0 aromatic heterocycles. The Balaban J connectivity index is 1.43. The zero-order chi connectivity index (χ0) is 12.6. The van der Waals surface area contributed by atoms with Gasteiger partial charge in [-0.3, -0.25) is 4.99 Å². The molecule has 0 spiro atoms. The summed E-state index contributed by atoms with van der Waals surface area (Å²) in [6.45, 7) is 5.75. The van der Waals surface area contributed by atoms with Crippen LogP contribution in [0.5, 0.6) is 0 Å². The lowest BCUT2D eigenvalue weighted by Gasteiger charge is -2.23. The van der Waals surface area contributed by atoms with Crippen molar-refractivity contribution in [3.8, 4) is 0 Å². The van der Waals surface area contributed by atoms with Crippen LogP contribution in [0, 0.1) is 5.92 Å². The predicted molar refractivity (Wildman–Crippen MR) is 76.7 cm³/mol. The van der Waals surface area contributed by atoms with Gasteiger partial charge < -0.3 is 16.0 Å². The summed E-state index contributed by atoms with van der Waals surface area (Å²) in [5.74, 6) is 1.45. The first-order chi connectivity index (χ1) is 8.84. The first-order valence-corrected chi connectivity index (χ1v) is 7.61. The second-order valence-electron chi connectivity index (χ2n) is 5.71. The molecule has 4 heteroatoms. The molecule has 0 radical (unpaired) electrons. The van der Waals surface area contributed by atoms with Crippen molar-refractivity contribution in [1.29, 1.82) is 0 Å². The van der Waals surface area contributed by atoms with Gasteiger partial charge in [-0.05, 0) is 64.1 Å². The molecule has 0 unspecified atom stereocenters. The summed E-state index contributed by atoms with van der Waals surface area (Å²) in [7, 11) is 0. The van der Waals surface area contributed by atoms with Gasteiger partial charge in [-0.25, -0.2) is 0 Å². The number of guanidine groups is 1. The molecule has 1 aliphatic carbocycles. The van der Waals surface area contributed by atoms with Crippen molar-refractivity contribution in [2.75, 3.05) is 32.7 Å². The van der Waals surface area contributed by atoms with E-state index >= 15 is 0 Å². The third kappa shape index (κ3) is 4.84. The van der Waals surface area contributed by atoms with E-state index in [2.05, 4.69) is 15.2 Å². The molecule has 2 rings (SSSR count). The van der Waals surface area contributed by atoms with Gasteiger partial charge in [0.15, 0.2) is 5.96 Å². The molecule has 0 atom stereocenters. The molecule has 3 N–H and O–H groups in total. The van der Waals surface area contributed by atoms with E-state index in [9.17, 15) is 0 Å². The summed E-state index contributed by atoms with van der Waals surface area (Å²) in [5.41, 5.74) is 5.83. The highest BCUT2D eigenvalue weighted by Crippen LogP contribution is 2.26. The van der Waals surface area contributed by atoms with Crippen LogP contribution >= 0.6 is 0 Å². The van der Waals surface area contributed by atoms with Gasteiger partial charge in [0.25, 0.3) is 0 Å². The van der Waals surface area contributed by atoms with E-state index in [1.165, 1.54) is 64.6 Å². The molecule has 104 valence electrons. The third-order valence-corrected chi connectivity index (χ3v) is 4.15. The van der Waals surface area contributed by atoms with Crippen molar-refractivity contribution < 1.29 is 0 Å². The minimum atomic E-state index is 0.642. The lowest BCUT2D eigenvalue weighted by molar-refractivity contribution is 0.325. The predicted octanol–water partition coefficient (Wildman–Crippen LogP) is 1.57. The smallest absolute Gasteiger partial charge is 0.188 e. The Morgan fingerprint density at radius 1 is 1.17 bits per heavy atom. The average molecular weight is 252 g/mol. The number of unbranched alkanes of at least 4 members (excludes halogenated alkanes) is 1. The van der Waals surface area contributed by atoms with Crippen LogP contribution in [-0.4, -0.2) is 43.6 Å². The zero-order valence-electron chi connectivity index (χ0n) is 11.5. The van der Waals surface area contributed by atoms with Gasteiger partial charge in [-0.1, -0.05) is 6.42 Å². The molecule has 1 aliphatic heterocycles. The van der Waals surface area contributed by atoms with Gasteiger partial charge in [0.05, 0.1) is 0 Å². The molecule has 0 aromatic rings. The van der Waals surface area contributed by atoms with Crippen LogP contribution in [0.1, 0.15) is 44.9 Å². The first-order valence-electron chi connectivity index (χ1n) is 7.61. The van der Waals surface area contributed by atoms with Crippen LogP contribution < -0.4 is 11.1 Å². The van der Waals surface area contributed by atoms with E-state index in [-0.39, 0.29) is 0 Å². The molecule has 0 aromatic carbocycles. The molecule has 1 heterocycles. The van der Waals surface area contributed by atoms with Crippen LogP contribution in [0.2, 0.25) is 0 Å². The van der Waals surface area contributed by atoms with Gasteiger partial charge in [0.2, 0.25) is 0 Å². The molecule has 4 nitrogen and oxygen atoms in total. The Hall–Kier alpha value is -0.770. The number of aliphatic imine (C=N–C) groups is 1. The van der Waals surface area contributed by atoms with Crippen LogP contribution in [0.15, 0.2) is 4.99 Å². The van der Waals surface area contributed by atoms with Gasteiger partial charge in [-0.15, -0.1) is 0 Å². The maximum absolute atomic E-state index is 5.83. The van der Waals surface area contributed by atoms with E-state index in [1.807, 2.05) is 0 Å². The largest absolute Gasteiger partial charge is 0.370 e. The van der Waals surface area contributed by atoms with E-state index in [0.29, 0.717) is 5.96 Å². The molecule has 0 amide bonds. The van der Waals surface area contributed by atoms with E-state index < -0.39 is 0 Å². The minimum Gasteiger partial charge on any atom is -0.370 e. The quantitative estimate of drug-likeness (QED) is 0.411. The topological polar surface area (TPSA) is 53.6 Å². The fraction of sp³-hybridized carbons (Fsp3) is 0.929. The lowest BCUT2D eigenvalue weighted by atomic mass is 9.86. The Labute approximate surface area is 111 Å². The number of hydrogen-bond acceptors (Lipinski definition) is 2. The molecule has 18 heavy (non-hydrogen) atoms. The highest BCUT2D eigenvalue weighted by Gasteiger charge is 2.16. The number of hydrogen-bond donors (Lipinski definition) is 2. The Morgan fingerprint density at radius 3 is 2.61 bits per heavy atom. The lowest BCUT2D eigenvalue weighted by Crippen LogP contribution is -2.33. The van der Waals surface area contributed by atoms with Gasteiger partial charge in [0, 0.05) is 13.1 Å². The van der Waals surface area contributed by atoms with E-state index in [4.69, 9.17) is 5.73 Å². The maximum Gasteiger partial charge on any atom is 0.188 e. The highest BCUT2D eigenvalue weighted by molar-refractivity contribution is 5.77. The molecule has 1 saturated heterocycles. The molecule has 1 saturated carbocycles. The number of likely N-dealkylation sites (tertiary alicyclic amines) is 1. The third-order valence-electron chi connectivity index (χ3n) is 4.15. The van der Waals surface area contributed by atoms with E-state index in [0.717, 1.165) is 19.0 Å². The number of nitrogens with zero attached hydrogens (tertiary/aromatic N) is 2. The van der Waals surface area contributed by atoms with Crippen LogP contribution in [0.25, 0.3) is 0 Å². The summed E-state index contributed by atoms with van der Waals surface area (Å²) in [6, 6.07) is 0. The summed E-state index contributed by atoms with van der Waals surface area (Å²) in [6.07, 6.45) is 9.29. The highest BCUT2D eigenvalue weighted by atomic mass is 15.1. The van der Waals surface area contributed by atoms with Crippen molar-refractivity contribution in [3.05, 3.63) is 0 Å². The summed E-state index contributed by atoms with van der Waals surface area (Å²) >= 11 is 0. The Bertz CT molecular complexity index is 255. The van der Waals surface area contributed by atoms with Crippen LogP contribution in [0.3, 0.4) is 0 Å². The number of rotatable bonds is 7. The van der Waals surface area contributed by atoms with Crippen molar-refractivity contribution in [1.82, 2.24) is 10.2 Å². The molecule has 0 bridgehead atoms. The first kappa shape index (κ1) is 13.7. The Morgan fingerprint density at radius 2 is 1.94 bits per heavy atom. The van der Waals surface area contributed by atoms with Crippen LogP contribution in [-0.2, 0) is 0 Å². The van der Waals surface area contributed by atoms with E-state index in [1.54, 1.807) is 0 Å². The normalized spacial score (nSPS) is 22.1. The minimum absolute atomic E-state index is 0.642. The van der Waals surface area contributed by atoms with Crippen molar-refractivity contribution in [2.24, 2.45) is 16.6 Å². The molecular weight excluding hydrogens is 224 g/mol. The van der Waals surface area contributed by atoms with Crippen molar-refractivity contribution in [3.63, 3.8) is 0 Å². The monoisotopic (exact) mass is 252 g/mol. The molecular formula is C14H28N4.